The largest absolute Gasteiger partial charge is 0.370 e. The van der Waals surface area contributed by atoms with Gasteiger partial charge in [0.2, 0.25) is 5.91 Å². The summed E-state index contributed by atoms with van der Waals surface area (Å²) in [6.07, 6.45) is 3.06. The van der Waals surface area contributed by atoms with Crippen molar-refractivity contribution in [2.45, 2.75) is 38.6 Å². The fourth-order valence-corrected chi connectivity index (χ4v) is 3.81. The predicted molar refractivity (Wildman–Crippen MR) is 94.8 cm³/mol. The molecule has 1 aromatic heterocycles. The Morgan fingerprint density at radius 3 is 2.92 bits per heavy atom. The number of carbonyl (C=O) groups excluding carboxylic acids is 2. The molecular weight excluding hydrogens is 322 g/mol. The first-order valence-corrected chi connectivity index (χ1v) is 9.04. The summed E-state index contributed by atoms with van der Waals surface area (Å²) in [5.41, 5.74) is 7.80. The zero-order chi connectivity index (χ0) is 17.1. The number of hydrogen-bond donors (Lipinski definition) is 1. The van der Waals surface area contributed by atoms with Crippen molar-refractivity contribution in [3.63, 3.8) is 0 Å². The van der Waals surface area contributed by atoms with E-state index in [1.165, 1.54) is 0 Å². The minimum atomic E-state index is -0.355. The molecule has 24 heavy (non-hydrogen) atoms. The minimum Gasteiger partial charge on any atom is -0.370 e. The van der Waals surface area contributed by atoms with Crippen molar-refractivity contribution in [2.75, 3.05) is 6.54 Å². The predicted octanol–water partition coefficient (Wildman–Crippen LogP) is 2.99. The first-order chi connectivity index (χ1) is 11.5. The van der Waals surface area contributed by atoms with E-state index in [0.717, 1.165) is 35.5 Å². The highest BCUT2D eigenvalue weighted by Gasteiger charge is 2.28. The first-order valence-electron chi connectivity index (χ1n) is 8.16. The lowest BCUT2D eigenvalue weighted by molar-refractivity contribution is -0.119. The van der Waals surface area contributed by atoms with E-state index in [9.17, 15) is 9.59 Å². The Hall–Kier alpha value is -2.21. The Balaban J connectivity index is 1.84. The van der Waals surface area contributed by atoms with Crippen LogP contribution in [0.25, 0.3) is 11.3 Å². The van der Waals surface area contributed by atoms with E-state index < -0.39 is 0 Å². The second kappa shape index (κ2) is 7.13. The SMILES string of the molecule is Cc1nc(-c2cccc(C(=O)N3CCCC[C@@H]3CC(N)=O)c2)cs1. The maximum Gasteiger partial charge on any atom is 0.254 e. The van der Waals surface area contributed by atoms with Gasteiger partial charge in [0.05, 0.1) is 10.7 Å². The summed E-state index contributed by atoms with van der Waals surface area (Å²) < 4.78 is 0. The van der Waals surface area contributed by atoms with Crippen LogP contribution in [0.3, 0.4) is 0 Å². The lowest BCUT2D eigenvalue weighted by Crippen LogP contribution is -2.45. The number of amides is 2. The lowest BCUT2D eigenvalue weighted by Gasteiger charge is -2.35. The maximum atomic E-state index is 12.9. The van der Waals surface area contributed by atoms with Gasteiger partial charge in [-0.05, 0) is 38.3 Å². The number of hydrogen-bond acceptors (Lipinski definition) is 4. The summed E-state index contributed by atoms with van der Waals surface area (Å²) in [7, 11) is 0. The number of aryl methyl sites for hydroxylation is 1. The van der Waals surface area contributed by atoms with Crippen LogP contribution in [-0.2, 0) is 4.79 Å². The fourth-order valence-electron chi connectivity index (χ4n) is 3.19. The Bertz CT molecular complexity index is 756. The van der Waals surface area contributed by atoms with Gasteiger partial charge in [0, 0.05) is 35.5 Å². The monoisotopic (exact) mass is 343 g/mol. The van der Waals surface area contributed by atoms with Crippen molar-refractivity contribution < 1.29 is 9.59 Å². The van der Waals surface area contributed by atoms with Gasteiger partial charge in [-0.2, -0.15) is 0 Å². The van der Waals surface area contributed by atoms with E-state index in [2.05, 4.69) is 4.98 Å². The van der Waals surface area contributed by atoms with Gasteiger partial charge >= 0.3 is 0 Å². The fraction of sp³-hybridized carbons (Fsp3) is 0.389. The van der Waals surface area contributed by atoms with Crippen molar-refractivity contribution in [2.24, 2.45) is 5.73 Å². The number of nitrogens with two attached hydrogens (primary N) is 1. The summed E-state index contributed by atoms with van der Waals surface area (Å²) in [6, 6.07) is 7.45. The molecule has 2 amide bonds. The van der Waals surface area contributed by atoms with E-state index in [0.29, 0.717) is 12.1 Å². The molecule has 0 unspecified atom stereocenters. The van der Waals surface area contributed by atoms with E-state index in [1.54, 1.807) is 16.2 Å². The molecular formula is C18H21N3O2S. The minimum absolute atomic E-state index is 0.0326. The van der Waals surface area contributed by atoms with E-state index >= 15 is 0 Å². The second-order valence-electron chi connectivity index (χ2n) is 6.15. The number of primary amides is 1. The van der Waals surface area contributed by atoms with Crippen LogP contribution in [0, 0.1) is 6.92 Å². The van der Waals surface area contributed by atoms with Crippen molar-refractivity contribution >= 4 is 23.2 Å². The van der Waals surface area contributed by atoms with Crippen LogP contribution in [0.1, 0.15) is 41.0 Å². The topological polar surface area (TPSA) is 76.3 Å². The van der Waals surface area contributed by atoms with Crippen LogP contribution in [-0.4, -0.2) is 34.3 Å². The number of likely N-dealkylation sites (tertiary alicyclic amines) is 1. The Morgan fingerprint density at radius 2 is 2.21 bits per heavy atom. The number of carbonyl (C=O) groups is 2. The highest BCUT2D eigenvalue weighted by atomic mass is 32.1. The summed E-state index contributed by atoms with van der Waals surface area (Å²) in [4.78, 5) is 30.5. The third-order valence-corrected chi connectivity index (χ3v) is 5.12. The maximum absolute atomic E-state index is 12.9. The lowest BCUT2D eigenvalue weighted by atomic mass is 9.97. The van der Waals surface area contributed by atoms with Crippen LogP contribution < -0.4 is 5.73 Å². The van der Waals surface area contributed by atoms with Gasteiger partial charge in [-0.3, -0.25) is 9.59 Å². The molecule has 0 spiro atoms. The molecule has 2 N–H and O–H groups in total. The summed E-state index contributed by atoms with van der Waals surface area (Å²) >= 11 is 1.59. The van der Waals surface area contributed by atoms with Crippen molar-refractivity contribution in [1.29, 1.82) is 0 Å². The Kier molecular flexibility index (Phi) is 4.94. The molecule has 1 aromatic carbocycles. The first kappa shape index (κ1) is 16.6. The molecule has 1 aliphatic rings. The molecule has 1 fully saturated rings. The van der Waals surface area contributed by atoms with Gasteiger partial charge < -0.3 is 10.6 Å². The Morgan fingerprint density at radius 1 is 1.38 bits per heavy atom. The second-order valence-corrected chi connectivity index (χ2v) is 7.21. The zero-order valence-electron chi connectivity index (χ0n) is 13.7. The third kappa shape index (κ3) is 3.64. The molecule has 0 saturated carbocycles. The molecule has 6 heteroatoms. The van der Waals surface area contributed by atoms with Crippen molar-refractivity contribution in [1.82, 2.24) is 9.88 Å². The number of thiazole rings is 1. The molecule has 1 aliphatic heterocycles. The van der Waals surface area contributed by atoms with Gasteiger partial charge in [0.1, 0.15) is 0 Å². The summed E-state index contributed by atoms with van der Waals surface area (Å²) in [5, 5.41) is 3.00. The van der Waals surface area contributed by atoms with Gasteiger partial charge in [-0.1, -0.05) is 12.1 Å². The number of piperidine rings is 1. The molecule has 126 valence electrons. The van der Waals surface area contributed by atoms with Crippen LogP contribution in [0.4, 0.5) is 0 Å². The van der Waals surface area contributed by atoms with Gasteiger partial charge in [-0.25, -0.2) is 4.98 Å². The smallest absolute Gasteiger partial charge is 0.254 e. The van der Waals surface area contributed by atoms with E-state index in [-0.39, 0.29) is 24.3 Å². The molecule has 3 rings (SSSR count). The number of benzene rings is 1. The quantitative estimate of drug-likeness (QED) is 0.927. The summed E-state index contributed by atoms with van der Waals surface area (Å²) in [6.45, 7) is 2.64. The normalized spacial score (nSPS) is 17.7. The molecule has 0 bridgehead atoms. The van der Waals surface area contributed by atoms with E-state index in [4.69, 9.17) is 5.73 Å². The van der Waals surface area contributed by atoms with Crippen LogP contribution >= 0.6 is 11.3 Å². The highest BCUT2D eigenvalue weighted by molar-refractivity contribution is 7.09. The summed E-state index contributed by atoms with van der Waals surface area (Å²) in [5.74, 6) is -0.388. The van der Waals surface area contributed by atoms with Gasteiger partial charge in [-0.15, -0.1) is 11.3 Å². The Labute approximate surface area is 145 Å². The molecule has 2 aromatic rings. The van der Waals surface area contributed by atoms with Crippen molar-refractivity contribution in [3.8, 4) is 11.3 Å². The van der Waals surface area contributed by atoms with Crippen LogP contribution in [0.15, 0.2) is 29.6 Å². The molecule has 5 nitrogen and oxygen atoms in total. The molecule has 1 saturated heterocycles. The number of rotatable bonds is 4. The third-order valence-electron chi connectivity index (χ3n) is 4.35. The molecule has 1 atom stereocenters. The van der Waals surface area contributed by atoms with Crippen LogP contribution in [0.2, 0.25) is 0 Å². The number of nitrogens with zero attached hydrogens (tertiary/aromatic N) is 2. The van der Waals surface area contributed by atoms with Crippen LogP contribution in [0.5, 0.6) is 0 Å². The zero-order valence-corrected chi connectivity index (χ0v) is 14.5. The van der Waals surface area contributed by atoms with Gasteiger partial charge in [0.25, 0.3) is 5.91 Å². The standard InChI is InChI=1S/C18H21N3O2S/c1-12-20-16(11-24-12)13-5-4-6-14(9-13)18(23)21-8-3-2-7-15(21)10-17(19)22/h4-6,9,11,15H,2-3,7-8,10H2,1H3,(H2,19,22)/t15-/m1/s1. The van der Waals surface area contributed by atoms with Gasteiger partial charge in [0.15, 0.2) is 0 Å². The highest BCUT2D eigenvalue weighted by Crippen LogP contribution is 2.25. The number of aromatic nitrogens is 1. The average Bonchev–Trinajstić information content (AvgIpc) is 3.01. The van der Waals surface area contributed by atoms with Crippen molar-refractivity contribution in [3.05, 3.63) is 40.2 Å². The molecule has 0 radical (unpaired) electrons. The molecule has 2 heterocycles. The average molecular weight is 343 g/mol. The van der Waals surface area contributed by atoms with E-state index in [1.807, 2.05) is 36.6 Å². The molecule has 0 aliphatic carbocycles.